The molecule has 3 heterocycles. The summed E-state index contributed by atoms with van der Waals surface area (Å²) in [6.45, 7) is 0.433. The van der Waals surface area contributed by atoms with Crippen LogP contribution in [0, 0.1) is 0 Å². The molecule has 0 radical (unpaired) electrons. The van der Waals surface area contributed by atoms with Gasteiger partial charge in [-0.3, -0.25) is 0 Å². The van der Waals surface area contributed by atoms with Crippen LogP contribution in [-0.4, -0.2) is 42.0 Å². The molecule has 7 nitrogen and oxygen atoms in total. The molecule has 0 saturated carbocycles. The van der Waals surface area contributed by atoms with Crippen molar-refractivity contribution in [3.63, 3.8) is 0 Å². The van der Waals surface area contributed by atoms with Gasteiger partial charge in [-0.05, 0) is 40.8 Å². The number of tetrazole rings is 1. The zero-order valence-corrected chi connectivity index (χ0v) is 13.8. The molecule has 0 aliphatic rings. The molecule has 0 saturated heterocycles. The summed E-state index contributed by atoms with van der Waals surface area (Å²) in [6, 6.07) is 8.87. The third-order valence-electron chi connectivity index (χ3n) is 3.72. The lowest BCUT2D eigenvalue weighted by molar-refractivity contribution is 0.279. The van der Waals surface area contributed by atoms with Gasteiger partial charge in [-0.15, -0.1) is 16.4 Å². The molecule has 0 unspecified atom stereocenters. The summed E-state index contributed by atoms with van der Waals surface area (Å²) in [4.78, 5) is 0.917. The van der Waals surface area contributed by atoms with Crippen LogP contribution in [0.2, 0.25) is 5.02 Å². The number of H-pyrrole nitrogens is 1. The van der Waals surface area contributed by atoms with Crippen molar-refractivity contribution in [1.82, 2.24) is 25.2 Å². The van der Waals surface area contributed by atoms with Crippen molar-refractivity contribution in [1.29, 1.82) is 0 Å². The van der Waals surface area contributed by atoms with Gasteiger partial charge in [0.2, 0.25) is 0 Å². The molecule has 0 spiro atoms. The maximum atomic E-state index is 9.55. The molecular weight excluding hydrogens is 350 g/mol. The molecule has 0 fully saturated rings. The summed E-state index contributed by atoms with van der Waals surface area (Å²) < 4.78 is 3.03. The molecule has 0 atom stereocenters. The van der Waals surface area contributed by atoms with Gasteiger partial charge in [0.15, 0.2) is 5.82 Å². The number of fused-ring (bicyclic) bond motifs is 1. The molecule has 4 rings (SSSR count). The first kappa shape index (κ1) is 15.1. The Hall–Kier alpha value is -2.42. The van der Waals surface area contributed by atoms with Gasteiger partial charge < -0.3 is 14.8 Å². The standard InChI is InChI=1S/C15H12ClN5O2S/c16-10-5-8(23)1-2-9(10)11-6-13-12(21(11)3-4-22)7-14(24-13)15-17-19-20-18-15/h1-2,5-7,22-23H,3-4H2,(H,17,18,19,20). The number of hydrogen-bond donors (Lipinski definition) is 3. The molecule has 4 aromatic rings. The van der Waals surface area contributed by atoms with E-state index in [0.717, 1.165) is 26.4 Å². The van der Waals surface area contributed by atoms with E-state index >= 15 is 0 Å². The number of hydrogen-bond acceptors (Lipinski definition) is 6. The molecule has 0 amide bonds. The highest BCUT2D eigenvalue weighted by atomic mass is 35.5. The van der Waals surface area contributed by atoms with Gasteiger partial charge in [-0.2, -0.15) is 0 Å². The van der Waals surface area contributed by atoms with Crippen molar-refractivity contribution in [3.8, 4) is 27.7 Å². The normalized spacial score (nSPS) is 11.4. The first-order chi connectivity index (χ1) is 11.7. The summed E-state index contributed by atoms with van der Waals surface area (Å²) in [6.07, 6.45) is 0. The minimum absolute atomic E-state index is 0.00151. The van der Waals surface area contributed by atoms with Crippen LogP contribution < -0.4 is 0 Å². The number of aromatic nitrogens is 5. The molecular formula is C15H12ClN5O2S. The number of phenols is 1. The van der Waals surface area contributed by atoms with E-state index < -0.39 is 0 Å². The predicted molar refractivity (Wildman–Crippen MR) is 92.2 cm³/mol. The molecule has 1 aromatic carbocycles. The van der Waals surface area contributed by atoms with Crippen molar-refractivity contribution in [3.05, 3.63) is 35.4 Å². The molecule has 3 aromatic heterocycles. The van der Waals surface area contributed by atoms with Crippen LogP contribution in [0.5, 0.6) is 5.75 Å². The second kappa shape index (κ2) is 5.90. The van der Waals surface area contributed by atoms with Gasteiger partial charge in [0.05, 0.1) is 32.4 Å². The SMILES string of the molecule is OCCn1c(-c2ccc(O)cc2Cl)cc2sc(-c3nnn[nH]3)cc21. The maximum absolute atomic E-state index is 9.55. The summed E-state index contributed by atoms with van der Waals surface area (Å²) in [7, 11) is 0. The molecule has 3 N–H and O–H groups in total. The quantitative estimate of drug-likeness (QED) is 0.519. The van der Waals surface area contributed by atoms with Gasteiger partial charge in [-0.25, -0.2) is 5.10 Å². The Morgan fingerprint density at radius 1 is 1.25 bits per heavy atom. The minimum atomic E-state index is 0.00151. The van der Waals surface area contributed by atoms with Crippen molar-refractivity contribution in [2.45, 2.75) is 6.54 Å². The van der Waals surface area contributed by atoms with Crippen LogP contribution in [0.3, 0.4) is 0 Å². The average Bonchev–Trinajstić information content (AvgIpc) is 3.24. The highest BCUT2D eigenvalue weighted by molar-refractivity contribution is 7.22. The number of phenolic OH excluding ortho intramolecular Hbond substituents is 1. The monoisotopic (exact) mass is 361 g/mol. The third-order valence-corrected chi connectivity index (χ3v) is 5.11. The lowest BCUT2D eigenvalue weighted by atomic mass is 10.1. The van der Waals surface area contributed by atoms with E-state index in [0.29, 0.717) is 17.4 Å². The smallest absolute Gasteiger partial charge is 0.189 e. The lowest BCUT2D eigenvalue weighted by Gasteiger charge is -2.10. The van der Waals surface area contributed by atoms with Crippen LogP contribution in [0.25, 0.3) is 32.2 Å². The zero-order chi connectivity index (χ0) is 16.7. The number of aliphatic hydroxyl groups is 1. The average molecular weight is 362 g/mol. The fraction of sp³-hybridized carbons (Fsp3) is 0.133. The first-order valence-electron chi connectivity index (χ1n) is 7.14. The van der Waals surface area contributed by atoms with Crippen molar-refractivity contribution >= 4 is 33.2 Å². The van der Waals surface area contributed by atoms with E-state index in [-0.39, 0.29) is 12.4 Å². The Bertz CT molecular complexity index is 1010. The molecule has 0 aliphatic heterocycles. The highest BCUT2D eigenvalue weighted by Crippen LogP contribution is 2.39. The van der Waals surface area contributed by atoms with Crippen molar-refractivity contribution < 1.29 is 10.2 Å². The first-order valence-corrected chi connectivity index (χ1v) is 8.33. The van der Waals surface area contributed by atoms with E-state index in [4.69, 9.17) is 11.6 Å². The zero-order valence-electron chi connectivity index (χ0n) is 12.3. The Kier molecular flexibility index (Phi) is 3.72. The van der Waals surface area contributed by atoms with Gasteiger partial charge in [0.1, 0.15) is 5.75 Å². The van der Waals surface area contributed by atoms with Crippen LogP contribution >= 0.6 is 22.9 Å². The molecule has 24 heavy (non-hydrogen) atoms. The largest absolute Gasteiger partial charge is 0.508 e. The van der Waals surface area contributed by atoms with E-state index in [1.54, 1.807) is 23.5 Å². The van der Waals surface area contributed by atoms with E-state index in [9.17, 15) is 10.2 Å². The number of benzene rings is 1. The van der Waals surface area contributed by atoms with Gasteiger partial charge >= 0.3 is 0 Å². The van der Waals surface area contributed by atoms with Crippen LogP contribution in [0.4, 0.5) is 0 Å². The van der Waals surface area contributed by atoms with Crippen LogP contribution in [-0.2, 0) is 6.54 Å². The number of rotatable bonds is 4. The van der Waals surface area contributed by atoms with Gasteiger partial charge in [0.25, 0.3) is 0 Å². The number of nitrogens with one attached hydrogen (secondary N) is 1. The predicted octanol–water partition coefficient (Wildman–Crippen LogP) is 2.90. The van der Waals surface area contributed by atoms with Gasteiger partial charge in [-0.1, -0.05) is 11.6 Å². The van der Waals surface area contributed by atoms with Gasteiger partial charge in [0, 0.05) is 12.1 Å². The Morgan fingerprint density at radius 2 is 2.12 bits per heavy atom. The highest BCUT2D eigenvalue weighted by Gasteiger charge is 2.17. The Morgan fingerprint density at radius 3 is 2.83 bits per heavy atom. The number of aromatic hydroxyl groups is 1. The van der Waals surface area contributed by atoms with E-state index in [1.807, 2.05) is 16.7 Å². The van der Waals surface area contributed by atoms with E-state index in [2.05, 4.69) is 20.6 Å². The summed E-state index contributed by atoms with van der Waals surface area (Å²) in [5, 5.41) is 33.3. The number of halogens is 1. The summed E-state index contributed by atoms with van der Waals surface area (Å²) in [5.74, 6) is 0.724. The van der Waals surface area contributed by atoms with Crippen molar-refractivity contribution in [2.24, 2.45) is 0 Å². The minimum Gasteiger partial charge on any atom is -0.508 e. The fourth-order valence-corrected chi connectivity index (χ4v) is 4.00. The molecule has 9 heteroatoms. The third kappa shape index (κ3) is 2.44. The molecule has 122 valence electrons. The second-order valence-electron chi connectivity index (χ2n) is 5.18. The van der Waals surface area contributed by atoms with Crippen LogP contribution in [0.1, 0.15) is 0 Å². The number of thiophene rings is 1. The van der Waals surface area contributed by atoms with Crippen molar-refractivity contribution in [2.75, 3.05) is 6.61 Å². The topological polar surface area (TPSA) is 99.8 Å². The summed E-state index contributed by atoms with van der Waals surface area (Å²) >= 11 is 7.83. The Labute approximate surface area is 145 Å². The lowest BCUT2D eigenvalue weighted by Crippen LogP contribution is -2.03. The second-order valence-corrected chi connectivity index (χ2v) is 6.67. The molecule has 0 bridgehead atoms. The number of aliphatic hydroxyl groups excluding tert-OH is 1. The number of aromatic amines is 1. The number of nitrogens with zero attached hydrogens (tertiary/aromatic N) is 4. The molecule has 0 aliphatic carbocycles. The maximum Gasteiger partial charge on any atom is 0.189 e. The fourth-order valence-electron chi connectivity index (χ4n) is 2.70. The van der Waals surface area contributed by atoms with Crippen LogP contribution in [0.15, 0.2) is 30.3 Å². The van der Waals surface area contributed by atoms with E-state index in [1.165, 1.54) is 6.07 Å². The Balaban J connectivity index is 1.89. The summed E-state index contributed by atoms with van der Waals surface area (Å²) in [5.41, 5.74) is 2.66.